The summed E-state index contributed by atoms with van der Waals surface area (Å²) in [5.41, 5.74) is 2.06. The smallest absolute Gasteiger partial charge is 0.261 e. The molecule has 0 radical (unpaired) electrons. The molecule has 166 valence electrons. The van der Waals surface area contributed by atoms with Gasteiger partial charge >= 0.3 is 0 Å². The van der Waals surface area contributed by atoms with Crippen LogP contribution in [0.15, 0.2) is 24.5 Å². The van der Waals surface area contributed by atoms with Crippen LogP contribution in [0.1, 0.15) is 33.9 Å². The third-order valence-electron chi connectivity index (χ3n) is 5.07. The maximum absolute atomic E-state index is 13.2. The highest BCUT2D eigenvalue weighted by atomic mass is 35.5. The Hall–Kier alpha value is -3.11. The van der Waals surface area contributed by atoms with E-state index in [1.807, 2.05) is 4.90 Å². The van der Waals surface area contributed by atoms with Crippen LogP contribution in [0, 0.1) is 6.92 Å². The van der Waals surface area contributed by atoms with Crippen molar-refractivity contribution in [2.75, 3.05) is 25.5 Å². The van der Waals surface area contributed by atoms with Crippen LogP contribution >= 0.6 is 22.9 Å². The predicted octanol–water partition coefficient (Wildman–Crippen LogP) is 3.38. The number of likely N-dealkylation sites (tertiary alicyclic amines) is 1. The molecule has 11 heteroatoms. The van der Waals surface area contributed by atoms with E-state index in [9.17, 15) is 9.59 Å². The number of halogens is 1. The first-order chi connectivity index (χ1) is 15.5. The van der Waals surface area contributed by atoms with Crippen LogP contribution in [-0.2, 0) is 11.2 Å². The Labute approximate surface area is 193 Å². The van der Waals surface area contributed by atoms with Crippen LogP contribution in [0.2, 0.25) is 5.15 Å². The zero-order valence-electron chi connectivity index (χ0n) is 17.6. The largest absolute Gasteiger partial charge is 0.494 e. The highest BCUT2D eigenvalue weighted by Crippen LogP contribution is 2.35. The fraction of sp³-hybridized carbons (Fsp3) is 0.333. The third-order valence-corrected chi connectivity index (χ3v) is 6.19. The van der Waals surface area contributed by atoms with E-state index in [1.54, 1.807) is 31.5 Å². The maximum Gasteiger partial charge on any atom is 0.261 e. The molecule has 0 bridgehead atoms. The first-order valence-corrected chi connectivity index (χ1v) is 11.2. The summed E-state index contributed by atoms with van der Waals surface area (Å²) in [6.45, 7) is 3.35. The predicted molar refractivity (Wildman–Crippen MR) is 121 cm³/mol. The van der Waals surface area contributed by atoms with Crippen molar-refractivity contribution in [2.45, 2.75) is 26.2 Å². The standard InChI is InChI=1S/C21H21ClN6O3S/c1-12-9-14(13-5-6-23-11-15(13)31-2)18(19(22)24-12)20(30)25-21-27-26-16(32-21)10-17(29)28-7-3-4-8-28/h5-6,9,11H,3-4,7-8,10H2,1-2H3,(H,25,27,30). The number of pyridine rings is 2. The summed E-state index contributed by atoms with van der Waals surface area (Å²) in [6, 6.07) is 3.51. The Balaban J connectivity index is 1.58. The van der Waals surface area contributed by atoms with E-state index in [1.165, 1.54) is 7.11 Å². The fourth-order valence-corrected chi connectivity index (χ4v) is 4.62. The van der Waals surface area contributed by atoms with Gasteiger partial charge in [-0.1, -0.05) is 22.9 Å². The van der Waals surface area contributed by atoms with E-state index in [0.29, 0.717) is 27.6 Å². The fourth-order valence-electron chi connectivity index (χ4n) is 3.57. The minimum Gasteiger partial charge on any atom is -0.494 e. The Kier molecular flexibility index (Phi) is 6.61. The third kappa shape index (κ3) is 4.71. The lowest BCUT2D eigenvalue weighted by atomic mass is 10.0. The maximum atomic E-state index is 13.2. The molecule has 9 nitrogen and oxygen atoms in total. The number of amides is 2. The van der Waals surface area contributed by atoms with Crippen LogP contribution in [0.3, 0.4) is 0 Å². The zero-order chi connectivity index (χ0) is 22.7. The molecule has 32 heavy (non-hydrogen) atoms. The topological polar surface area (TPSA) is 110 Å². The number of aryl methyl sites for hydroxylation is 1. The van der Waals surface area contributed by atoms with Crippen LogP contribution in [0.5, 0.6) is 5.75 Å². The minimum atomic E-state index is -0.482. The molecule has 0 unspecified atom stereocenters. The van der Waals surface area contributed by atoms with Crippen molar-refractivity contribution >= 4 is 39.9 Å². The molecule has 3 aromatic rings. The molecule has 2 amide bonds. The number of aromatic nitrogens is 4. The molecular weight excluding hydrogens is 452 g/mol. The second-order valence-corrected chi connectivity index (χ2v) is 8.69. The van der Waals surface area contributed by atoms with Gasteiger partial charge in [0.1, 0.15) is 15.9 Å². The van der Waals surface area contributed by atoms with E-state index >= 15 is 0 Å². The monoisotopic (exact) mass is 472 g/mol. The lowest BCUT2D eigenvalue weighted by Gasteiger charge is -2.14. The van der Waals surface area contributed by atoms with Gasteiger partial charge in [0.15, 0.2) is 0 Å². The Bertz CT molecular complexity index is 1160. The van der Waals surface area contributed by atoms with Gasteiger partial charge in [0.25, 0.3) is 5.91 Å². The number of rotatable bonds is 6. The summed E-state index contributed by atoms with van der Waals surface area (Å²) in [4.78, 5) is 35.6. The quantitative estimate of drug-likeness (QED) is 0.547. The van der Waals surface area contributed by atoms with Crippen LogP contribution < -0.4 is 10.1 Å². The summed E-state index contributed by atoms with van der Waals surface area (Å²) in [7, 11) is 1.53. The molecule has 1 N–H and O–H groups in total. The Morgan fingerprint density at radius 2 is 2.03 bits per heavy atom. The summed E-state index contributed by atoms with van der Waals surface area (Å²) in [5, 5.41) is 11.7. The van der Waals surface area contributed by atoms with Gasteiger partial charge in [-0.15, -0.1) is 10.2 Å². The van der Waals surface area contributed by atoms with Crippen molar-refractivity contribution < 1.29 is 14.3 Å². The molecule has 3 aromatic heterocycles. The summed E-state index contributed by atoms with van der Waals surface area (Å²) in [5.74, 6) is 0.0427. The summed E-state index contributed by atoms with van der Waals surface area (Å²) in [6.07, 6.45) is 5.39. The van der Waals surface area contributed by atoms with Gasteiger partial charge in [0, 0.05) is 36.1 Å². The number of ether oxygens (including phenoxy) is 1. The van der Waals surface area contributed by atoms with Gasteiger partial charge in [0.05, 0.1) is 25.3 Å². The first kappa shape index (κ1) is 22.1. The normalized spacial score (nSPS) is 13.3. The van der Waals surface area contributed by atoms with Gasteiger partial charge in [-0.25, -0.2) is 4.98 Å². The molecule has 0 atom stereocenters. The molecule has 1 fully saturated rings. The average molecular weight is 473 g/mol. The molecule has 1 aliphatic heterocycles. The number of hydrogen-bond acceptors (Lipinski definition) is 8. The van der Waals surface area contributed by atoms with E-state index < -0.39 is 5.91 Å². The second-order valence-electron chi connectivity index (χ2n) is 7.27. The van der Waals surface area contributed by atoms with Crippen molar-refractivity contribution in [3.63, 3.8) is 0 Å². The first-order valence-electron chi connectivity index (χ1n) is 10.0. The Morgan fingerprint density at radius 3 is 2.78 bits per heavy atom. The highest BCUT2D eigenvalue weighted by Gasteiger charge is 2.23. The number of anilines is 1. The summed E-state index contributed by atoms with van der Waals surface area (Å²) >= 11 is 7.54. The van der Waals surface area contributed by atoms with Gasteiger partial charge in [-0.05, 0) is 31.9 Å². The average Bonchev–Trinajstić information content (AvgIpc) is 3.45. The van der Waals surface area contributed by atoms with E-state index in [0.717, 1.165) is 37.3 Å². The van der Waals surface area contributed by atoms with Crippen molar-refractivity contribution in [1.29, 1.82) is 0 Å². The number of methoxy groups -OCH3 is 1. The number of hydrogen-bond donors (Lipinski definition) is 1. The number of carbonyl (C=O) groups excluding carboxylic acids is 2. The molecular formula is C21H21ClN6O3S. The lowest BCUT2D eigenvalue weighted by Crippen LogP contribution is -2.28. The van der Waals surface area contributed by atoms with Gasteiger partial charge in [-0.3, -0.25) is 19.9 Å². The van der Waals surface area contributed by atoms with E-state index in [2.05, 4.69) is 25.5 Å². The molecule has 0 aromatic carbocycles. The van der Waals surface area contributed by atoms with Crippen LogP contribution in [0.4, 0.5) is 5.13 Å². The molecule has 0 spiro atoms. The molecule has 1 aliphatic rings. The number of nitrogens with one attached hydrogen (secondary N) is 1. The number of carbonyl (C=O) groups is 2. The second kappa shape index (κ2) is 9.58. The zero-order valence-corrected chi connectivity index (χ0v) is 19.2. The lowest BCUT2D eigenvalue weighted by molar-refractivity contribution is -0.129. The van der Waals surface area contributed by atoms with E-state index in [-0.39, 0.29) is 28.2 Å². The van der Waals surface area contributed by atoms with E-state index in [4.69, 9.17) is 16.3 Å². The molecule has 0 saturated carbocycles. The van der Waals surface area contributed by atoms with Gasteiger partial charge < -0.3 is 9.64 Å². The molecule has 0 aliphatic carbocycles. The van der Waals surface area contributed by atoms with Gasteiger partial charge in [0.2, 0.25) is 11.0 Å². The van der Waals surface area contributed by atoms with Gasteiger partial charge in [-0.2, -0.15) is 0 Å². The van der Waals surface area contributed by atoms with Crippen molar-refractivity contribution in [3.8, 4) is 16.9 Å². The van der Waals surface area contributed by atoms with Crippen LogP contribution in [-0.4, -0.2) is 57.1 Å². The SMILES string of the molecule is COc1cnccc1-c1cc(C)nc(Cl)c1C(=O)Nc1nnc(CC(=O)N2CCCC2)s1. The minimum absolute atomic E-state index is 0.0226. The summed E-state index contributed by atoms with van der Waals surface area (Å²) < 4.78 is 5.40. The van der Waals surface area contributed by atoms with Crippen molar-refractivity contribution in [2.24, 2.45) is 0 Å². The molecule has 4 heterocycles. The highest BCUT2D eigenvalue weighted by molar-refractivity contribution is 7.15. The molecule has 4 rings (SSSR count). The van der Waals surface area contributed by atoms with Crippen LogP contribution in [0.25, 0.3) is 11.1 Å². The van der Waals surface area contributed by atoms with Crippen molar-refractivity contribution in [3.05, 3.63) is 45.9 Å². The number of nitrogens with zero attached hydrogens (tertiary/aromatic N) is 5. The molecule has 1 saturated heterocycles. The van der Waals surface area contributed by atoms with Crippen molar-refractivity contribution in [1.82, 2.24) is 25.1 Å². The Morgan fingerprint density at radius 1 is 1.25 bits per heavy atom.